The van der Waals surface area contributed by atoms with Crippen molar-refractivity contribution in [1.29, 1.82) is 0 Å². The van der Waals surface area contributed by atoms with E-state index in [1.54, 1.807) is 0 Å². The lowest BCUT2D eigenvalue weighted by Gasteiger charge is -2.28. The van der Waals surface area contributed by atoms with Gasteiger partial charge in [-0.05, 0) is 32.9 Å². The number of nitrogens with zero attached hydrogens (tertiary/aromatic N) is 1. The van der Waals surface area contributed by atoms with Crippen LogP contribution in [-0.4, -0.2) is 69.8 Å². The Labute approximate surface area is 110 Å². The highest BCUT2D eigenvalue weighted by molar-refractivity contribution is 7.91. The van der Waals surface area contributed by atoms with E-state index in [2.05, 4.69) is 10.2 Å². The molecule has 2 heterocycles. The van der Waals surface area contributed by atoms with Crippen LogP contribution >= 0.6 is 0 Å². The molecule has 2 aliphatic rings. The van der Waals surface area contributed by atoms with E-state index in [0.717, 1.165) is 19.6 Å². The molecule has 0 aromatic rings. The number of nitrogens with one attached hydrogen (secondary N) is 1. The summed E-state index contributed by atoms with van der Waals surface area (Å²) in [6, 6.07) is 0.243. The number of hydrogen-bond acceptors (Lipinski definition) is 5. The van der Waals surface area contributed by atoms with Gasteiger partial charge in [0.05, 0.1) is 18.1 Å². The number of ether oxygens (including phenoxy) is 1. The maximum absolute atomic E-state index is 11.8. The normalized spacial score (nSPS) is 32.1. The van der Waals surface area contributed by atoms with E-state index < -0.39 is 9.84 Å². The van der Waals surface area contributed by atoms with Crippen LogP contribution in [0, 0.1) is 0 Å². The highest BCUT2D eigenvalue weighted by Gasteiger charge is 2.41. The third-order valence-corrected chi connectivity index (χ3v) is 5.51. The number of hydrogen-bond donors (Lipinski definition) is 1. The molecule has 0 spiro atoms. The average Bonchev–Trinajstić information content (AvgIpc) is 2.91. The number of sulfone groups is 1. The maximum atomic E-state index is 11.8. The van der Waals surface area contributed by atoms with Gasteiger partial charge in [-0.2, -0.15) is 0 Å². The minimum absolute atomic E-state index is 0.0774. The Kier molecular flexibility index (Phi) is 5.00. The molecule has 2 aliphatic heterocycles. The third kappa shape index (κ3) is 3.66. The second-order valence-corrected chi connectivity index (χ2v) is 7.30. The first kappa shape index (κ1) is 14.2. The van der Waals surface area contributed by atoms with Crippen LogP contribution in [0.15, 0.2) is 0 Å². The van der Waals surface area contributed by atoms with Crippen molar-refractivity contribution in [3.8, 4) is 0 Å². The van der Waals surface area contributed by atoms with Gasteiger partial charge in [0, 0.05) is 25.2 Å². The Balaban J connectivity index is 1.88. The highest BCUT2D eigenvalue weighted by atomic mass is 32.2. The van der Waals surface area contributed by atoms with Gasteiger partial charge < -0.3 is 10.1 Å². The molecule has 18 heavy (non-hydrogen) atoms. The molecular weight excluding hydrogens is 252 g/mol. The summed E-state index contributed by atoms with van der Waals surface area (Å²) in [5.41, 5.74) is 0. The lowest BCUT2D eigenvalue weighted by atomic mass is 10.1. The van der Waals surface area contributed by atoms with Crippen molar-refractivity contribution in [2.24, 2.45) is 0 Å². The van der Waals surface area contributed by atoms with Crippen molar-refractivity contribution in [1.82, 2.24) is 10.2 Å². The van der Waals surface area contributed by atoms with Gasteiger partial charge >= 0.3 is 0 Å². The summed E-state index contributed by atoms with van der Waals surface area (Å²) in [5.74, 6) is 0.597. The Morgan fingerprint density at radius 2 is 2.00 bits per heavy atom. The van der Waals surface area contributed by atoms with E-state index in [9.17, 15) is 8.42 Å². The monoisotopic (exact) mass is 276 g/mol. The molecule has 2 atom stereocenters. The van der Waals surface area contributed by atoms with Gasteiger partial charge in [0.15, 0.2) is 9.84 Å². The maximum Gasteiger partial charge on any atom is 0.153 e. The van der Waals surface area contributed by atoms with E-state index in [1.807, 2.05) is 6.92 Å². The Hall–Kier alpha value is -0.170. The van der Waals surface area contributed by atoms with Gasteiger partial charge in [-0.3, -0.25) is 4.90 Å². The van der Waals surface area contributed by atoms with Crippen LogP contribution in [0.4, 0.5) is 0 Å². The summed E-state index contributed by atoms with van der Waals surface area (Å²) < 4.78 is 28.9. The van der Waals surface area contributed by atoms with Crippen molar-refractivity contribution >= 4 is 9.84 Å². The zero-order valence-corrected chi connectivity index (χ0v) is 11.9. The quantitative estimate of drug-likeness (QED) is 0.685. The molecule has 2 fully saturated rings. The molecule has 0 saturated carbocycles. The molecule has 0 amide bonds. The molecule has 6 heteroatoms. The highest BCUT2D eigenvalue weighted by Crippen LogP contribution is 2.22. The van der Waals surface area contributed by atoms with Gasteiger partial charge in [0.1, 0.15) is 0 Å². The first-order valence-corrected chi connectivity index (χ1v) is 8.70. The molecule has 0 radical (unpaired) electrons. The summed E-state index contributed by atoms with van der Waals surface area (Å²) in [5, 5.41) is 3.35. The van der Waals surface area contributed by atoms with Gasteiger partial charge in [0.25, 0.3) is 0 Å². The fourth-order valence-electron chi connectivity index (χ4n) is 2.92. The second kappa shape index (κ2) is 6.32. The van der Waals surface area contributed by atoms with Gasteiger partial charge in [-0.25, -0.2) is 8.42 Å². The molecule has 2 rings (SSSR count). The van der Waals surface area contributed by atoms with Crippen LogP contribution in [-0.2, 0) is 14.6 Å². The molecule has 0 bridgehead atoms. The fraction of sp³-hybridized carbons (Fsp3) is 1.00. The van der Waals surface area contributed by atoms with E-state index in [4.69, 9.17) is 4.74 Å². The standard InChI is InChI=1S/C12H24N2O3S/c1-2-17-8-5-13-11-9-18(15,16)10-12(11)14-6-3-4-7-14/h11-13H,2-10H2,1H3/t11-,12-/m1/s1. The first-order chi connectivity index (χ1) is 8.62. The fourth-order valence-corrected chi connectivity index (χ4v) is 4.90. The van der Waals surface area contributed by atoms with E-state index in [0.29, 0.717) is 19.0 Å². The zero-order chi connectivity index (χ0) is 13.0. The summed E-state index contributed by atoms with van der Waals surface area (Å²) in [4.78, 5) is 2.34. The third-order valence-electron chi connectivity index (χ3n) is 3.79. The number of rotatable bonds is 6. The summed E-state index contributed by atoms with van der Waals surface area (Å²) in [7, 11) is -2.87. The summed E-state index contributed by atoms with van der Waals surface area (Å²) in [6.45, 7) is 6.15. The average molecular weight is 276 g/mol. The zero-order valence-electron chi connectivity index (χ0n) is 11.1. The lowest BCUT2D eigenvalue weighted by Crippen LogP contribution is -2.49. The molecule has 5 nitrogen and oxygen atoms in total. The van der Waals surface area contributed by atoms with Crippen molar-refractivity contribution in [2.45, 2.75) is 31.8 Å². The van der Waals surface area contributed by atoms with Crippen LogP contribution in [0.25, 0.3) is 0 Å². The minimum atomic E-state index is -2.87. The second-order valence-electron chi connectivity index (χ2n) is 5.14. The van der Waals surface area contributed by atoms with Gasteiger partial charge in [-0.1, -0.05) is 0 Å². The van der Waals surface area contributed by atoms with Crippen LogP contribution in [0.2, 0.25) is 0 Å². The smallest absolute Gasteiger partial charge is 0.153 e. The summed E-state index contributed by atoms with van der Waals surface area (Å²) >= 11 is 0. The Morgan fingerprint density at radius 1 is 1.28 bits per heavy atom. The molecular formula is C12H24N2O3S. The van der Waals surface area contributed by atoms with Crippen LogP contribution < -0.4 is 5.32 Å². The molecule has 0 aromatic carbocycles. The number of likely N-dealkylation sites (tertiary alicyclic amines) is 1. The van der Waals surface area contributed by atoms with Crippen molar-refractivity contribution in [2.75, 3.05) is 44.4 Å². The molecule has 1 N–H and O–H groups in total. The van der Waals surface area contributed by atoms with Crippen LogP contribution in [0.3, 0.4) is 0 Å². The van der Waals surface area contributed by atoms with Gasteiger partial charge in [-0.15, -0.1) is 0 Å². The molecule has 0 aliphatic carbocycles. The summed E-state index contributed by atoms with van der Waals surface area (Å²) in [6.07, 6.45) is 2.39. The SMILES string of the molecule is CCOCCN[C@@H]1CS(=O)(=O)C[C@H]1N1CCCC1. The van der Waals surface area contributed by atoms with E-state index in [-0.39, 0.29) is 17.8 Å². The van der Waals surface area contributed by atoms with E-state index >= 15 is 0 Å². The molecule has 0 aromatic heterocycles. The van der Waals surface area contributed by atoms with Crippen molar-refractivity contribution in [3.05, 3.63) is 0 Å². The van der Waals surface area contributed by atoms with Crippen LogP contribution in [0.5, 0.6) is 0 Å². The van der Waals surface area contributed by atoms with Crippen LogP contribution in [0.1, 0.15) is 19.8 Å². The van der Waals surface area contributed by atoms with Gasteiger partial charge in [0.2, 0.25) is 0 Å². The molecule has 2 saturated heterocycles. The lowest BCUT2D eigenvalue weighted by molar-refractivity contribution is 0.142. The molecule has 0 unspecified atom stereocenters. The Bertz CT molecular complexity index is 352. The topological polar surface area (TPSA) is 58.6 Å². The van der Waals surface area contributed by atoms with Crippen molar-refractivity contribution in [3.63, 3.8) is 0 Å². The largest absolute Gasteiger partial charge is 0.380 e. The predicted molar refractivity (Wildman–Crippen MR) is 71.5 cm³/mol. The predicted octanol–water partition coefficient (Wildman–Crippen LogP) is -0.126. The Morgan fingerprint density at radius 3 is 2.67 bits per heavy atom. The first-order valence-electron chi connectivity index (χ1n) is 6.88. The molecule has 106 valence electrons. The minimum Gasteiger partial charge on any atom is -0.380 e. The van der Waals surface area contributed by atoms with E-state index in [1.165, 1.54) is 12.8 Å². The van der Waals surface area contributed by atoms with Crippen molar-refractivity contribution < 1.29 is 13.2 Å².